The van der Waals surface area contributed by atoms with Gasteiger partial charge in [0.2, 0.25) is 11.7 Å². The number of amides is 1. The van der Waals surface area contributed by atoms with Gasteiger partial charge >= 0.3 is 6.18 Å². The first-order valence-corrected chi connectivity index (χ1v) is 4.89. The minimum Gasteiger partial charge on any atom is -0.362 e. The molecule has 1 saturated heterocycles. The van der Waals surface area contributed by atoms with Crippen LogP contribution in [0.25, 0.3) is 0 Å². The van der Waals surface area contributed by atoms with Crippen molar-refractivity contribution in [2.75, 3.05) is 13.2 Å². The third-order valence-electron chi connectivity index (χ3n) is 2.28. The number of halogens is 3. The van der Waals surface area contributed by atoms with E-state index in [0.717, 1.165) is 6.07 Å². The van der Waals surface area contributed by atoms with E-state index in [9.17, 15) is 18.0 Å². The minimum absolute atomic E-state index is 0.0498. The average Bonchev–Trinajstić information content (AvgIpc) is 2.63. The SMILES string of the molecule is O=C1COC(c2cc(C(F)(F)F)on2)CCN1. The molecule has 2 rings (SSSR count). The topological polar surface area (TPSA) is 64.4 Å². The van der Waals surface area contributed by atoms with E-state index in [4.69, 9.17) is 4.74 Å². The molecule has 0 aliphatic carbocycles. The molecule has 8 heteroatoms. The van der Waals surface area contributed by atoms with E-state index in [1.54, 1.807) is 0 Å². The van der Waals surface area contributed by atoms with E-state index >= 15 is 0 Å². The van der Waals surface area contributed by atoms with Crippen LogP contribution in [0.3, 0.4) is 0 Å². The molecule has 5 nitrogen and oxygen atoms in total. The zero-order valence-electron chi connectivity index (χ0n) is 8.58. The van der Waals surface area contributed by atoms with Gasteiger partial charge in [-0.3, -0.25) is 4.79 Å². The molecule has 1 aliphatic rings. The molecule has 1 amide bonds. The fourth-order valence-electron chi connectivity index (χ4n) is 1.46. The van der Waals surface area contributed by atoms with Gasteiger partial charge in [-0.25, -0.2) is 0 Å². The molecule has 0 bridgehead atoms. The van der Waals surface area contributed by atoms with Crippen molar-refractivity contribution in [1.82, 2.24) is 10.5 Å². The summed E-state index contributed by atoms with van der Waals surface area (Å²) in [5.41, 5.74) is 0.0498. The summed E-state index contributed by atoms with van der Waals surface area (Å²) in [6, 6.07) is 0.792. The highest BCUT2D eigenvalue weighted by atomic mass is 19.4. The Morgan fingerprint density at radius 2 is 2.24 bits per heavy atom. The molecule has 1 aliphatic heterocycles. The molecule has 0 saturated carbocycles. The van der Waals surface area contributed by atoms with Gasteiger partial charge in [0.1, 0.15) is 18.4 Å². The number of carbonyl (C=O) groups is 1. The summed E-state index contributed by atoms with van der Waals surface area (Å²) in [5.74, 6) is -1.47. The normalized spacial score (nSPS) is 22.1. The molecule has 1 N–H and O–H groups in total. The quantitative estimate of drug-likeness (QED) is 0.815. The largest absolute Gasteiger partial charge is 0.452 e. The van der Waals surface area contributed by atoms with Crippen molar-refractivity contribution >= 4 is 5.91 Å². The first kappa shape index (κ1) is 11.9. The smallest absolute Gasteiger partial charge is 0.362 e. The highest BCUT2D eigenvalue weighted by Crippen LogP contribution is 2.32. The van der Waals surface area contributed by atoms with Gasteiger partial charge in [-0.05, 0) is 6.42 Å². The van der Waals surface area contributed by atoms with Gasteiger partial charge in [-0.15, -0.1) is 0 Å². The van der Waals surface area contributed by atoms with Crippen molar-refractivity contribution in [3.8, 4) is 0 Å². The first-order valence-electron chi connectivity index (χ1n) is 4.89. The summed E-state index contributed by atoms with van der Waals surface area (Å²) in [6.07, 6.45) is -4.87. The number of rotatable bonds is 1. The van der Waals surface area contributed by atoms with Crippen LogP contribution in [0.15, 0.2) is 10.6 Å². The predicted octanol–water partition coefficient (Wildman–Crippen LogP) is 1.27. The second-order valence-electron chi connectivity index (χ2n) is 3.55. The number of hydrogen-bond donors (Lipinski definition) is 1. The Balaban J connectivity index is 2.12. The zero-order chi connectivity index (χ0) is 12.5. The third-order valence-corrected chi connectivity index (χ3v) is 2.28. The molecule has 0 spiro atoms. The van der Waals surface area contributed by atoms with Crippen LogP contribution in [0.2, 0.25) is 0 Å². The van der Waals surface area contributed by atoms with E-state index < -0.39 is 18.0 Å². The van der Waals surface area contributed by atoms with Crippen LogP contribution in [0.1, 0.15) is 24.0 Å². The van der Waals surface area contributed by atoms with Crippen molar-refractivity contribution < 1.29 is 27.2 Å². The number of carbonyl (C=O) groups excluding carboxylic acids is 1. The van der Waals surface area contributed by atoms with Gasteiger partial charge in [-0.2, -0.15) is 13.2 Å². The fraction of sp³-hybridized carbons (Fsp3) is 0.556. The summed E-state index contributed by atoms with van der Waals surface area (Å²) in [5, 5.41) is 5.85. The highest BCUT2D eigenvalue weighted by molar-refractivity contribution is 5.77. The molecular formula is C9H9F3N2O3. The Kier molecular flexibility index (Phi) is 3.05. The molecule has 1 unspecified atom stereocenters. The Bertz CT molecular complexity index is 416. The predicted molar refractivity (Wildman–Crippen MR) is 47.8 cm³/mol. The lowest BCUT2D eigenvalue weighted by Crippen LogP contribution is -2.24. The second-order valence-corrected chi connectivity index (χ2v) is 3.55. The summed E-state index contributed by atoms with van der Waals surface area (Å²) >= 11 is 0. The standard InChI is InChI=1S/C9H9F3N2O3/c10-9(11,12)7-3-5(14-17-7)6-1-2-13-8(15)4-16-6/h3,6H,1-2,4H2,(H,13,15). The molecule has 0 radical (unpaired) electrons. The highest BCUT2D eigenvalue weighted by Gasteiger charge is 2.37. The minimum atomic E-state index is -4.57. The van der Waals surface area contributed by atoms with Gasteiger partial charge < -0.3 is 14.6 Å². The second kappa shape index (κ2) is 4.36. The molecular weight excluding hydrogens is 241 g/mol. The lowest BCUT2D eigenvalue weighted by Gasteiger charge is -2.09. The van der Waals surface area contributed by atoms with Crippen molar-refractivity contribution in [2.45, 2.75) is 18.7 Å². The molecule has 1 fully saturated rings. The molecule has 1 atom stereocenters. The average molecular weight is 250 g/mol. The van der Waals surface area contributed by atoms with E-state index in [1.165, 1.54) is 0 Å². The van der Waals surface area contributed by atoms with E-state index in [0.29, 0.717) is 13.0 Å². The lowest BCUT2D eigenvalue weighted by atomic mass is 10.2. The van der Waals surface area contributed by atoms with Crippen molar-refractivity contribution in [2.24, 2.45) is 0 Å². The van der Waals surface area contributed by atoms with Crippen LogP contribution in [0.4, 0.5) is 13.2 Å². The Morgan fingerprint density at radius 1 is 1.47 bits per heavy atom. The van der Waals surface area contributed by atoms with Gasteiger partial charge in [0, 0.05) is 12.6 Å². The number of aromatic nitrogens is 1. The Hall–Kier alpha value is -1.57. The first-order chi connectivity index (χ1) is 7.97. The molecule has 2 heterocycles. The van der Waals surface area contributed by atoms with Gasteiger partial charge in [-0.1, -0.05) is 5.16 Å². The maximum absolute atomic E-state index is 12.3. The maximum Gasteiger partial charge on any atom is 0.452 e. The Morgan fingerprint density at radius 3 is 2.88 bits per heavy atom. The number of nitrogens with one attached hydrogen (secondary N) is 1. The van der Waals surface area contributed by atoms with Crippen LogP contribution in [-0.4, -0.2) is 24.2 Å². The summed E-state index contributed by atoms with van der Waals surface area (Å²) in [4.78, 5) is 11.0. The molecule has 1 aromatic heterocycles. The van der Waals surface area contributed by atoms with E-state index in [-0.39, 0.29) is 18.2 Å². The van der Waals surface area contributed by atoms with E-state index in [1.807, 2.05) is 0 Å². The van der Waals surface area contributed by atoms with Crippen LogP contribution in [0.5, 0.6) is 0 Å². The molecule has 1 aromatic rings. The van der Waals surface area contributed by atoms with Crippen LogP contribution in [0, 0.1) is 0 Å². The van der Waals surface area contributed by atoms with Crippen LogP contribution in [-0.2, 0) is 15.7 Å². The fourth-order valence-corrected chi connectivity index (χ4v) is 1.46. The summed E-state index contributed by atoms with van der Waals surface area (Å²) in [7, 11) is 0. The molecule has 17 heavy (non-hydrogen) atoms. The van der Waals surface area contributed by atoms with Gasteiger partial charge in [0.25, 0.3) is 0 Å². The summed E-state index contributed by atoms with van der Waals surface area (Å²) in [6.45, 7) is 0.136. The number of nitrogens with zero attached hydrogens (tertiary/aromatic N) is 1. The van der Waals surface area contributed by atoms with Crippen LogP contribution < -0.4 is 5.32 Å². The summed E-state index contributed by atoms with van der Waals surface area (Å²) < 4.78 is 46.1. The van der Waals surface area contributed by atoms with Crippen molar-refractivity contribution in [3.05, 3.63) is 17.5 Å². The third kappa shape index (κ3) is 2.76. The van der Waals surface area contributed by atoms with Crippen LogP contribution >= 0.6 is 0 Å². The monoisotopic (exact) mass is 250 g/mol. The van der Waals surface area contributed by atoms with Crippen molar-refractivity contribution in [1.29, 1.82) is 0 Å². The van der Waals surface area contributed by atoms with Gasteiger partial charge in [0.15, 0.2) is 0 Å². The van der Waals surface area contributed by atoms with Gasteiger partial charge in [0.05, 0.1) is 0 Å². The van der Waals surface area contributed by atoms with E-state index in [2.05, 4.69) is 15.0 Å². The zero-order valence-corrected chi connectivity index (χ0v) is 8.58. The molecule has 94 valence electrons. The van der Waals surface area contributed by atoms with Crippen molar-refractivity contribution in [3.63, 3.8) is 0 Å². The number of alkyl halides is 3. The number of hydrogen-bond acceptors (Lipinski definition) is 4. The lowest BCUT2D eigenvalue weighted by molar-refractivity contribution is -0.155. The number of ether oxygens (including phenoxy) is 1. The molecule has 0 aromatic carbocycles. The maximum atomic E-state index is 12.3. The Labute approximate surface area is 93.9 Å².